The zero-order chi connectivity index (χ0) is 13.2. The quantitative estimate of drug-likeness (QED) is 0.816. The Morgan fingerprint density at radius 2 is 1.83 bits per heavy atom. The first kappa shape index (κ1) is 13.2. The van der Waals surface area contributed by atoms with E-state index in [0.29, 0.717) is 11.4 Å². The van der Waals surface area contributed by atoms with Crippen LogP contribution in [0, 0.1) is 0 Å². The predicted octanol–water partition coefficient (Wildman–Crippen LogP) is 1.63. The molecule has 0 heterocycles. The zero-order valence-electron chi connectivity index (χ0n) is 10.1. The van der Waals surface area contributed by atoms with E-state index in [0.717, 1.165) is 25.7 Å². The highest BCUT2D eigenvalue weighted by Crippen LogP contribution is 2.29. The minimum atomic E-state index is -3.72. The molecule has 18 heavy (non-hydrogen) atoms. The summed E-state index contributed by atoms with van der Waals surface area (Å²) in [6.45, 7) is 0. The summed E-state index contributed by atoms with van der Waals surface area (Å²) in [7, 11) is -3.72. The van der Waals surface area contributed by atoms with Crippen molar-refractivity contribution in [2.45, 2.75) is 43.1 Å². The van der Waals surface area contributed by atoms with Crippen molar-refractivity contribution in [2.24, 2.45) is 5.14 Å². The van der Waals surface area contributed by atoms with Crippen LogP contribution in [0.4, 0.5) is 5.69 Å². The van der Waals surface area contributed by atoms with Crippen molar-refractivity contribution < 1.29 is 13.2 Å². The smallest absolute Gasteiger partial charge is 0.238 e. The molecule has 0 radical (unpaired) electrons. The highest BCUT2D eigenvalue weighted by atomic mass is 32.2. The van der Waals surface area contributed by atoms with Crippen LogP contribution in [0.3, 0.4) is 0 Å². The third kappa shape index (κ3) is 3.14. The topological polar surface area (TPSA) is 95.4 Å². The maximum atomic E-state index is 11.3. The van der Waals surface area contributed by atoms with Crippen LogP contribution in [0.5, 0.6) is 5.75 Å². The van der Waals surface area contributed by atoms with Gasteiger partial charge in [-0.15, -0.1) is 0 Å². The van der Waals surface area contributed by atoms with Gasteiger partial charge in [-0.1, -0.05) is 6.42 Å². The molecule has 1 aromatic rings. The Bertz CT molecular complexity index is 522. The van der Waals surface area contributed by atoms with Crippen LogP contribution in [-0.2, 0) is 10.0 Å². The Kier molecular flexibility index (Phi) is 3.77. The van der Waals surface area contributed by atoms with Gasteiger partial charge in [0.2, 0.25) is 10.0 Å². The van der Waals surface area contributed by atoms with E-state index in [-0.39, 0.29) is 11.0 Å². The lowest BCUT2D eigenvalue weighted by Gasteiger charge is -2.23. The van der Waals surface area contributed by atoms with Crippen molar-refractivity contribution in [2.75, 3.05) is 5.73 Å². The number of sulfonamides is 1. The van der Waals surface area contributed by atoms with Crippen LogP contribution in [0.25, 0.3) is 0 Å². The lowest BCUT2D eigenvalue weighted by Crippen LogP contribution is -2.20. The predicted molar refractivity (Wildman–Crippen MR) is 69.7 cm³/mol. The second-order valence-electron chi connectivity index (χ2n) is 4.62. The number of rotatable bonds is 3. The van der Waals surface area contributed by atoms with Crippen molar-refractivity contribution in [1.29, 1.82) is 0 Å². The van der Waals surface area contributed by atoms with Crippen LogP contribution in [-0.4, -0.2) is 14.5 Å². The molecule has 4 N–H and O–H groups in total. The normalized spacial score (nSPS) is 17.6. The third-order valence-electron chi connectivity index (χ3n) is 3.16. The minimum absolute atomic E-state index is 0.0301. The monoisotopic (exact) mass is 270 g/mol. The highest BCUT2D eigenvalue weighted by molar-refractivity contribution is 7.89. The van der Waals surface area contributed by atoms with E-state index in [4.69, 9.17) is 15.6 Å². The van der Waals surface area contributed by atoms with E-state index in [2.05, 4.69) is 0 Å². The van der Waals surface area contributed by atoms with Crippen LogP contribution in [0.2, 0.25) is 0 Å². The summed E-state index contributed by atoms with van der Waals surface area (Å²) < 4.78 is 28.3. The molecule has 6 heteroatoms. The van der Waals surface area contributed by atoms with E-state index in [1.807, 2.05) is 0 Å². The standard InChI is InChI=1S/C12H18N2O3S/c13-11-7-6-10(18(14,15)16)8-12(11)17-9-4-2-1-3-5-9/h6-9H,1-5,13H2,(H2,14,15,16). The van der Waals surface area contributed by atoms with E-state index in [9.17, 15) is 8.42 Å². The molecule has 5 nitrogen and oxygen atoms in total. The Morgan fingerprint density at radius 1 is 1.17 bits per heavy atom. The summed E-state index contributed by atoms with van der Waals surface area (Å²) in [6, 6.07) is 4.30. The van der Waals surface area contributed by atoms with Gasteiger partial charge in [0.1, 0.15) is 5.75 Å². The summed E-state index contributed by atoms with van der Waals surface area (Å²) in [4.78, 5) is 0.0301. The molecule has 1 saturated carbocycles. The Morgan fingerprint density at radius 3 is 2.44 bits per heavy atom. The summed E-state index contributed by atoms with van der Waals surface area (Å²) >= 11 is 0. The number of primary sulfonamides is 1. The molecule has 1 aromatic carbocycles. The number of anilines is 1. The molecule has 0 bridgehead atoms. The fraction of sp³-hybridized carbons (Fsp3) is 0.500. The van der Waals surface area contributed by atoms with E-state index >= 15 is 0 Å². The van der Waals surface area contributed by atoms with Crippen molar-refractivity contribution in [3.63, 3.8) is 0 Å². The zero-order valence-corrected chi connectivity index (χ0v) is 10.9. The third-order valence-corrected chi connectivity index (χ3v) is 4.07. The van der Waals surface area contributed by atoms with Crippen LogP contribution >= 0.6 is 0 Å². The number of benzene rings is 1. The molecule has 0 amide bonds. The number of hydrogen-bond donors (Lipinski definition) is 2. The Labute approximate surface area is 107 Å². The molecule has 1 fully saturated rings. The molecule has 1 aliphatic carbocycles. The highest BCUT2D eigenvalue weighted by Gasteiger charge is 2.17. The van der Waals surface area contributed by atoms with Gasteiger partial charge in [0.15, 0.2) is 0 Å². The minimum Gasteiger partial charge on any atom is -0.488 e. The second-order valence-corrected chi connectivity index (χ2v) is 6.18. The molecule has 2 rings (SSSR count). The second kappa shape index (κ2) is 5.16. The summed E-state index contributed by atoms with van der Waals surface area (Å²) in [6.07, 6.45) is 5.60. The lowest BCUT2D eigenvalue weighted by atomic mass is 9.98. The first-order chi connectivity index (χ1) is 8.47. The van der Waals surface area contributed by atoms with Crippen molar-refractivity contribution in [3.8, 4) is 5.75 Å². The van der Waals surface area contributed by atoms with Gasteiger partial charge in [0.25, 0.3) is 0 Å². The molecule has 1 aliphatic rings. The molecule has 0 aliphatic heterocycles. The molecular weight excluding hydrogens is 252 g/mol. The molecule has 0 aromatic heterocycles. The van der Waals surface area contributed by atoms with Crippen LogP contribution in [0.1, 0.15) is 32.1 Å². The Balaban J connectivity index is 2.21. The maximum Gasteiger partial charge on any atom is 0.238 e. The number of hydrogen-bond acceptors (Lipinski definition) is 4. The largest absolute Gasteiger partial charge is 0.488 e. The van der Waals surface area contributed by atoms with Gasteiger partial charge >= 0.3 is 0 Å². The van der Waals surface area contributed by atoms with Gasteiger partial charge in [-0.3, -0.25) is 0 Å². The fourth-order valence-electron chi connectivity index (χ4n) is 2.16. The first-order valence-electron chi connectivity index (χ1n) is 6.06. The van der Waals surface area contributed by atoms with Crippen molar-refractivity contribution in [1.82, 2.24) is 0 Å². The molecule has 100 valence electrons. The summed E-state index contributed by atoms with van der Waals surface area (Å²) in [5.41, 5.74) is 6.23. The summed E-state index contributed by atoms with van der Waals surface area (Å²) in [5.74, 6) is 0.411. The average molecular weight is 270 g/mol. The van der Waals surface area contributed by atoms with Gasteiger partial charge in [-0.2, -0.15) is 0 Å². The number of nitrogens with two attached hydrogens (primary N) is 2. The van der Waals surface area contributed by atoms with E-state index in [1.165, 1.54) is 24.6 Å². The van der Waals surface area contributed by atoms with Crippen LogP contribution < -0.4 is 15.6 Å². The maximum absolute atomic E-state index is 11.3. The van der Waals surface area contributed by atoms with Gasteiger partial charge in [-0.25, -0.2) is 13.6 Å². The first-order valence-corrected chi connectivity index (χ1v) is 7.60. The number of nitrogen functional groups attached to an aromatic ring is 1. The van der Waals surface area contributed by atoms with E-state index < -0.39 is 10.0 Å². The SMILES string of the molecule is Nc1ccc(S(N)(=O)=O)cc1OC1CCCCC1. The molecule has 0 saturated heterocycles. The lowest BCUT2D eigenvalue weighted by molar-refractivity contribution is 0.155. The average Bonchev–Trinajstić information content (AvgIpc) is 2.32. The van der Waals surface area contributed by atoms with Gasteiger partial charge in [-0.05, 0) is 37.8 Å². The Hall–Kier alpha value is -1.27. The molecular formula is C12H18N2O3S. The van der Waals surface area contributed by atoms with Gasteiger partial charge in [0, 0.05) is 6.07 Å². The van der Waals surface area contributed by atoms with Gasteiger partial charge in [0.05, 0.1) is 16.7 Å². The molecule has 0 unspecified atom stereocenters. The fourth-order valence-corrected chi connectivity index (χ4v) is 2.69. The van der Waals surface area contributed by atoms with Gasteiger partial charge < -0.3 is 10.5 Å². The molecule has 0 spiro atoms. The summed E-state index contributed by atoms with van der Waals surface area (Å²) in [5, 5.41) is 5.08. The van der Waals surface area contributed by atoms with Crippen LogP contribution in [0.15, 0.2) is 23.1 Å². The van der Waals surface area contributed by atoms with Crippen molar-refractivity contribution in [3.05, 3.63) is 18.2 Å². The molecule has 0 atom stereocenters. The number of ether oxygens (including phenoxy) is 1. The van der Waals surface area contributed by atoms with E-state index in [1.54, 1.807) is 0 Å². The van der Waals surface area contributed by atoms with Crippen molar-refractivity contribution >= 4 is 15.7 Å².